The van der Waals surface area contributed by atoms with Crippen molar-refractivity contribution in [3.05, 3.63) is 20.8 Å². The summed E-state index contributed by atoms with van der Waals surface area (Å²) in [5.41, 5.74) is 5.35. The quantitative estimate of drug-likeness (QED) is 0.696. The van der Waals surface area contributed by atoms with Crippen LogP contribution in [0.25, 0.3) is 0 Å². The smallest absolute Gasteiger partial charge is 0.330 e. The summed E-state index contributed by atoms with van der Waals surface area (Å²) in [4.78, 5) is 25.8. The van der Waals surface area contributed by atoms with E-state index in [9.17, 15) is 9.59 Å². The lowest BCUT2D eigenvalue weighted by molar-refractivity contribution is 0.587. The average molecular weight is 268 g/mol. The Kier molecular flexibility index (Phi) is 5.66. The predicted molar refractivity (Wildman–Crippen MR) is 78.6 cm³/mol. The van der Waals surface area contributed by atoms with Gasteiger partial charge in [0.15, 0.2) is 0 Å². The minimum absolute atomic E-state index is 0.227. The first kappa shape index (κ1) is 15.3. The van der Waals surface area contributed by atoms with Gasteiger partial charge >= 0.3 is 5.69 Å². The zero-order chi connectivity index (χ0) is 14.4. The summed E-state index contributed by atoms with van der Waals surface area (Å²) in [6.45, 7) is 7.40. The van der Waals surface area contributed by atoms with Gasteiger partial charge in [-0.3, -0.25) is 14.3 Å². The monoisotopic (exact) mass is 268 g/mol. The maximum Gasteiger partial charge on any atom is 0.330 e. The van der Waals surface area contributed by atoms with Gasteiger partial charge in [0.25, 0.3) is 5.56 Å². The molecule has 0 aromatic carbocycles. The van der Waals surface area contributed by atoms with Gasteiger partial charge in [0, 0.05) is 13.1 Å². The highest BCUT2D eigenvalue weighted by atomic mass is 16.2. The van der Waals surface area contributed by atoms with E-state index in [1.54, 1.807) is 0 Å². The Labute approximate surface area is 113 Å². The van der Waals surface area contributed by atoms with Gasteiger partial charge in [-0.25, -0.2) is 4.79 Å². The van der Waals surface area contributed by atoms with E-state index in [1.165, 1.54) is 4.57 Å². The molecule has 0 aliphatic carbocycles. The van der Waals surface area contributed by atoms with E-state index < -0.39 is 11.2 Å². The second-order valence-electron chi connectivity index (χ2n) is 4.92. The number of aromatic nitrogens is 2. The molecule has 0 bridgehead atoms. The average Bonchev–Trinajstić information content (AvgIpc) is 2.37. The number of anilines is 2. The van der Waals surface area contributed by atoms with Crippen LogP contribution in [0.5, 0.6) is 0 Å². The van der Waals surface area contributed by atoms with E-state index >= 15 is 0 Å². The van der Waals surface area contributed by atoms with Crippen LogP contribution in [0.15, 0.2) is 9.59 Å². The maximum atomic E-state index is 11.8. The minimum atomic E-state index is -0.446. The van der Waals surface area contributed by atoms with Gasteiger partial charge in [-0.2, -0.15) is 0 Å². The van der Waals surface area contributed by atoms with Crippen molar-refractivity contribution < 1.29 is 0 Å². The molecule has 1 aromatic rings. The second kappa shape index (κ2) is 7.01. The number of aromatic amines is 1. The Balaban J connectivity index is 3.03. The minimum Gasteiger partial charge on any atom is -0.383 e. The number of rotatable bonds is 7. The number of unbranched alkanes of at least 4 members (excludes halogenated alkanes) is 1. The van der Waals surface area contributed by atoms with Crippen molar-refractivity contribution in [1.29, 1.82) is 0 Å². The maximum absolute atomic E-state index is 11.8. The molecule has 1 atom stereocenters. The molecule has 0 fully saturated rings. The molecular formula is C13H24N4O2. The summed E-state index contributed by atoms with van der Waals surface area (Å²) in [6, 6.07) is 0. The lowest BCUT2D eigenvalue weighted by Gasteiger charge is -2.15. The SMILES string of the molecule is CCCCn1c(N)c(NCC(C)CC)c(=O)[nH]c1=O. The number of nitrogens with two attached hydrogens (primary N) is 1. The van der Waals surface area contributed by atoms with Crippen molar-refractivity contribution in [2.75, 3.05) is 17.6 Å². The molecule has 4 N–H and O–H groups in total. The summed E-state index contributed by atoms with van der Waals surface area (Å²) in [7, 11) is 0. The van der Waals surface area contributed by atoms with E-state index in [-0.39, 0.29) is 5.82 Å². The zero-order valence-corrected chi connectivity index (χ0v) is 12.0. The molecule has 1 unspecified atom stereocenters. The first-order chi connectivity index (χ1) is 9.01. The van der Waals surface area contributed by atoms with Crippen LogP contribution in [0.3, 0.4) is 0 Å². The standard InChI is InChI=1S/C13H24N4O2/c1-4-6-7-17-11(14)10(12(18)16-13(17)19)15-8-9(3)5-2/h9,15H,4-8,14H2,1-3H3,(H,16,18,19). The number of nitrogens with zero attached hydrogens (tertiary/aromatic N) is 1. The molecule has 6 nitrogen and oxygen atoms in total. The second-order valence-corrected chi connectivity index (χ2v) is 4.92. The van der Waals surface area contributed by atoms with Crippen molar-refractivity contribution >= 4 is 11.5 Å². The van der Waals surface area contributed by atoms with Crippen LogP contribution in [0.2, 0.25) is 0 Å². The van der Waals surface area contributed by atoms with Gasteiger partial charge in [-0.15, -0.1) is 0 Å². The molecule has 1 aromatic heterocycles. The molecule has 0 amide bonds. The van der Waals surface area contributed by atoms with E-state index in [0.717, 1.165) is 19.3 Å². The third kappa shape index (κ3) is 3.87. The number of H-pyrrole nitrogens is 1. The molecule has 108 valence electrons. The summed E-state index contributed by atoms with van der Waals surface area (Å²) in [6.07, 6.45) is 2.82. The Bertz CT molecular complexity index is 518. The van der Waals surface area contributed by atoms with Gasteiger partial charge < -0.3 is 11.1 Å². The van der Waals surface area contributed by atoms with Crippen LogP contribution in [0, 0.1) is 5.92 Å². The summed E-state index contributed by atoms with van der Waals surface area (Å²) < 4.78 is 1.42. The fourth-order valence-electron chi connectivity index (χ4n) is 1.72. The van der Waals surface area contributed by atoms with Gasteiger partial charge in [-0.1, -0.05) is 33.6 Å². The topological polar surface area (TPSA) is 92.9 Å². The Morgan fingerprint density at radius 3 is 2.63 bits per heavy atom. The van der Waals surface area contributed by atoms with Crippen LogP contribution in [0.1, 0.15) is 40.0 Å². The molecule has 0 radical (unpaired) electrons. The summed E-state index contributed by atoms with van der Waals surface area (Å²) >= 11 is 0. The van der Waals surface area contributed by atoms with Crippen molar-refractivity contribution in [3.8, 4) is 0 Å². The number of hydrogen-bond donors (Lipinski definition) is 3. The molecule has 19 heavy (non-hydrogen) atoms. The van der Waals surface area contributed by atoms with Crippen LogP contribution in [-0.4, -0.2) is 16.1 Å². The van der Waals surface area contributed by atoms with Gasteiger partial charge in [0.1, 0.15) is 11.5 Å². The highest BCUT2D eigenvalue weighted by molar-refractivity contribution is 5.60. The van der Waals surface area contributed by atoms with E-state index in [0.29, 0.717) is 24.7 Å². The number of hydrogen-bond acceptors (Lipinski definition) is 4. The molecule has 0 spiro atoms. The zero-order valence-electron chi connectivity index (χ0n) is 12.0. The molecular weight excluding hydrogens is 244 g/mol. The molecule has 0 saturated heterocycles. The lowest BCUT2D eigenvalue weighted by Crippen LogP contribution is -2.34. The van der Waals surface area contributed by atoms with E-state index in [2.05, 4.69) is 24.1 Å². The molecule has 0 saturated carbocycles. The third-order valence-electron chi connectivity index (χ3n) is 3.30. The summed E-state index contributed by atoms with van der Waals surface area (Å²) in [5, 5.41) is 3.05. The Hall–Kier alpha value is -1.72. The van der Waals surface area contributed by atoms with Crippen molar-refractivity contribution in [2.24, 2.45) is 5.92 Å². The lowest BCUT2D eigenvalue weighted by atomic mass is 10.1. The van der Waals surface area contributed by atoms with Crippen molar-refractivity contribution in [3.63, 3.8) is 0 Å². The third-order valence-corrected chi connectivity index (χ3v) is 3.30. The van der Waals surface area contributed by atoms with Gasteiger partial charge in [-0.05, 0) is 12.3 Å². The Morgan fingerprint density at radius 1 is 1.37 bits per heavy atom. The van der Waals surface area contributed by atoms with Gasteiger partial charge in [0.2, 0.25) is 0 Å². The Morgan fingerprint density at radius 2 is 2.05 bits per heavy atom. The molecule has 0 aliphatic heterocycles. The normalized spacial score (nSPS) is 12.4. The molecule has 6 heteroatoms. The largest absolute Gasteiger partial charge is 0.383 e. The van der Waals surface area contributed by atoms with Crippen molar-refractivity contribution in [1.82, 2.24) is 9.55 Å². The first-order valence-corrected chi connectivity index (χ1v) is 6.87. The molecule has 1 heterocycles. The van der Waals surface area contributed by atoms with E-state index in [1.807, 2.05) is 6.92 Å². The number of nitrogen functional groups attached to an aromatic ring is 1. The van der Waals surface area contributed by atoms with Crippen molar-refractivity contribution in [2.45, 2.75) is 46.6 Å². The molecule has 0 aliphatic rings. The fourth-order valence-corrected chi connectivity index (χ4v) is 1.72. The highest BCUT2D eigenvalue weighted by Gasteiger charge is 2.12. The van der Waals surface area contributed by atoms with Gasteiger partial charge in [0.05, 0.1) is 0 Å². The van der Waals surface area contributed by atoms with E-state index in [4.69, 9.17) is 5.73 Å². The summed E-state index contributed by atoms with van der Waals surface area (Å²) in [5.74, 6) is 0.667. The van der Waals surface area contributed by atoms with Crippen LogP contribution < -0.4 is 22.3 Å². The predicted octanol–water partition coefficient (Wildman–Crippen LogP) is 1.38. The first-order valence-electron chi connectivity index (χ1n) is 6.87. The van der Waals surface area contributed by atoms with Crippen LogP contribution in [0.4, 0.5) is 11.5 Å². The molecule has 1 rings (SSSR count). The number of nitrogens with one attached hydrogen (secondary N) is 2. The van der Waals surface area contributed by atoms with Crippen LogP contribution >= 0.6 is 0 Å². The van der Waals surface area contributed by atoms with Crippen LogP contribution in [-0.2, 0) is 6.54 Å². The fraction of sp³-hybridized carbons (Fsp3) is 0.692. The highest BCUT2D eigenvalue weighted by Crippen LogP contribution is 2.12.